The number of hydrogen-bond donors (Lipinski definition) is 0. The SMILES string of the molecule is COc1ccc(S(=O)(=O)N(C)c2ccnc(C(=O)N3CCCCC3)c2)cc1. The van der Waals surface area contributed by atoms with Crippen molar-refractivity contribution in [3.8, 4) is 5.75 Å². The van der Waals surface area contributed by atoms with Crippen LogP contribution < -0.4 is 9.04 Å². The Morgan fingerprint density at radius 2 is 1.78 bits per heavy atom. The van der Waals surface area contributed by atoms with Gasteiger partial charge in [0.2, 0.25) is 0 Å². The van der Waals surface area contributed by atoms with Crippen molar-refractivity contribution >= 4 is 21.6 Å². The molecule has 0 saturated carbocycles. The fraction of sp³-hybridized carbons (Fsp3) is 0.368. The first kappa shape index (κ1) is 19.2. The lowest BCUT2D eigenvalue weighted by atomic mass is 10.1. The van der Waals surface area contributed by atoms with Gasteiger partial charge in [-0.3, -0.25) is 14.1 Å². The highest BCUT2D eigenvalue weighted by molar-refractivity contribution is 7.92. The van der Waals surface area contributed by atoms with E-state index in [9.17, 15) is 13.2 Å². The molecule has 2 aromatic rings. The van der Waals surface area contributed by atoms with Crippen LogP contribution in [0.15, 0.2) is 47.5 Å². The van der Waals surface area contributed by atoms with Crippen LogP contribution in [-0.4, -0.2) is 51.5 Å². The van der Waals surface area contributed by atoms with Crippen molar-refractivity contribution in [1.29, 1.82) is 0 Å². The van der Waals surface area contributed by atoms with Gasteiger partial charge in [-0.1, -0.05) is 0 Å². The van der Waals surface area contributed by atoms with E-state index in [4.69, 9.17) is 4.74 Å². The molecule has 1 aromatic carbocycles. The zero-order valence-corrected chi connectivity index (χ0v) is 16.3. The zero-order valence-electron chi connectivity index (χ0n) is 15.5. The summed E-state index contributed by atoms with van der Waals surface area (Å²) in [5, 5.41) is 0. The summed E-state index contributed by atoms with van der Waals surface area (Å²) in [7, 11) is -0.776. The molecule has 1 saturated heterocycles. The van der Waals surface area contributed by atoms with Crippen molar-refractivity contribution in [2.24, 2.45) is 0 Å². The second kappa shape index (κ2) is 7.96. The largest absolute Gasteiger partial charge is 0.497 e. The van der Waals surface area contributed by atoms with Crippen LogP contribution in [0.1, 0.15) is 29.8 Å². The van der Waals surface area contributed by atoms with E-state index >= 15 is 0 Å². The Morgan fingerprint density at radius 1 is 1.11 bits per heavy atom. The number of benzene rings is 1. The molecule has 1 aromatic heterocycles. The van der Waals surface area contributed by atoms with Gasteiger partial charge in [-0.05, 0) is 55.7 Å². The fourth-order valence-electron chi connectivity index (χ4n) is 3.04. The van der Waals surface area contributed by atoms with Gasteiger partial charge in [-0.2, -0.15) is 0 Å². The Kier molecular flexibility index (Phi) is 5.65. The quantitative estimate of drug-likeness (QED) is 0.785. The lowest BCUT2D eigenvalue weighted by molar-refractivity contribution is 0.0718. The molecule has 1 aliphatic heterocycles. The average molecular weight is 389 g/mol. The van der Waals surface area contributed by atoms with Crippen LogP contribution in [0.3, 0.4) is 0 Å². The van der Waals surface area contributed by atoms with Crippen molar-refractivity contribution < 1.29 is 17.9 Å². The molecule has 3 rings (SSSR count). The normalized spacial score (nSPS) is 14.7. The van der Waals surface area contributed by atoms with Crippen molar-refractivity contribution in [3.05, 3.63) is 48.3 Å². The Balaban J connectivity index is 1.85. The minimum Gasteiger partial charge on any atom is -0.497 e. The van der Waals surface area contributed by atoms with Crippen molar-refractivity contribution in [2.75, 3.05) is 31.6 Å². The summed E-state index contributed by atoms with van der Waals surface area (Å²) in [6, 6.07) is 9.28. The highest BCUT2D eigenvalue weighted by Gasteiger charge is 2.24. The van der Waals surface area contributed by atoms with Gasteiger partial charge in [-0.25, -0.2) is 8.42 Å². The lowest BCUT2D eigenvalue weighted by Crippen LogP contribution is -2.36. The van der Waals surface area contributed by atoms with Crippen LogP contribution in [0.4, 0.5) is 5.69 Å². The third kappa shape index (κ3) is 4.05. The van der Waals surface area contributed by atoms with E-state index in [1.165, 1.54) is 38.6 Å². The second-order valence-corrected chi connectivity index (χ2v) is 8.37. The summed E-state index contributed by atoms with van der Waals surface area (Å²) < 4.78 is 32.0. The van der Waals surface area contributed by atoms with Gasteiger partial charge in [0.1, 0.15) is 11.4 Å². The van der Waals surface area contributed by atoms with Crippen molar-refractivity contribution in [2.45, 2.75) is 24.2 Å². The number of nitrogens with zero attached hydrogens (tertiary/aromatic N) is 3. The smallest absolute Gasteiger partial charge is 0.272 e. The van der Waals surface area contributed by atoms with Crippen molar-refractivity contribution in [3.63, 3.8) is 0 Å². The van der Waals surface area contributed by atoms with Crippen LogP contribution in [0.25, 0.3) is 0 Å². The van der Waals surface area contributed by atoms with Crippen LogP contribution in [-0.2, 0) is 10.0 Å². The minimum absolute atomic E-state index is 0.145. The van der Waals surface area contributed by atoms with Gasteiger partial charge < -0.3 is 9.64 Å². The molecule has 0 N–H and O–H groups in total. The maximum atomic E-state index is 12.9. The van der Waals surface area contributed by atoms with Gasteiger partial charge in [0.15, 0.2) is 0 Å². The standard InChI is InChI=1S/C19H23N3O4S/c1-21(27(24,25)17-8-6-16(26-2)7-9-17)15-10-11-20-18(14-15)19(23)22-12-4-3-5-13-22/h6-11,14H,3-5,12-13H2,1-2H3. The van der Waals surface area contributed by atoms with Crippen molar-refractivity contribution in [1.82, 2.24) is 9.88 Å². The molecule has 0 aliphatic carbocycles. The van der Waals surface area contributed by atoms with E-state index in [1.807, 2.05) is 0 Å². The minimum atomic E-state index is -3.76. The number of piperidine rings is 1. The first-order valence-electron chi connectivity index (χ1n) is 8.82. The number of carbonyl (C=O) groups excluding carboxylic acids is 1. The van der Waals surface area contributed by atoms with E-state index < -0.39 is 10.0 Å². The number of ether oxygens (including phenoxy) is 1. The number of rotatable bonds is 5. The van der Waals surface area contributed by atoms with Crippen LogP contribution >= 0.6 is 0 Å². The molecular formula is C19H23N3O4S. The number of pyridine rings is 1. The third-order valence-corrected chi connectivity index (χ3v) is 6.49. The maximum absolute atomic E-state index is 12.9. The summed E-state index contributed by atoms with van der Waals surface area (Å²) >= 11 is 0. The molecule has 27 heavy (non-hydrogen) atoms. The average Bonchev–Trinajstić information content (AvgIpc) is 2.73. The predicted molar refractivity (Wildman–Crippen MR) is 103 cm³/mol. The predicted octanol–water partition coefficient (Wildman–Crippen LogP) is 2.54. The number of aromatic nitrogens is 1. The molecule has 0 radical (unpaired) electrons. The molecule has 0 bridgehead atoms. The molecule has 7 nitrogen and oxygen atoms in total. The number of amides is 1. The molecule has 0 spiro atoms. The molecular weight excluding hydrogens is 366 g/mol. The van der Waals surface area contributed by atoms with E-state index in [1.54, 1.807) is 23.1 Å². The van der Waals surface area contributed by atoms with Crippen LogP contribution in [0.5, 0.6) is 5.75 Å². The van der Waals surface area contributed by atoms with Gasteiger partial charge >= 0.3 is 0 Å². The zero-order chi connectivity index (χ0) is 19.4. The van der Waals surface area contributed by atoms with Gasteiger partial charge in [0, 0.05) is 26.3 Å². The summed E-state index contributed by atoms with van der Waals surface area (Å²) in [6.45, 7) is 1.43. The fourth-order valence-corrected chi connectivity index (χ4v) is 4.22. The number of hydrogen-bond acceptors (Lipinski definition) is 5. The summed E-state index contributed by atoms with van der Waals surface area (Å²) in [5.41, 5.74) is 0.646. The Bertz CT molecular complexity index is 907. The Hall–Kier alpha value is -2.61. The summed E-state index contributed by atoms with van der Waals surface area (Å²) in [4.78, 5) is 18.7. The molecule has 0 atom stereocenters. The number of carbonyl (C=O) groups is 1. The molecule has 8 heteroatoms. The highest BCUT2D eigenvalue weighted by atomic mass is 32.2. The number of methoxy groups -OCH3 is 1. The Morgan fingerprint density at radius 3 is 2.41 bits per heavy atom. The summed E-state index contributed by atoms with van der Waals surface area (Å²) in [6.07, 6.45) is 4.56. The van der Waals surface area contributed by atoms with Gasteiger partial charge in [0.05, 0.1) is 17.7 Å². The number of likely N-dealkylation sites (tertiary alicyclic amines) is 1. The molecule has 1 amide bonds. The first-order valence-corrected chi connectivity index (χ1v) is 10.3. The van der Waals surface area contributed by atoms with Gasteiger partial charge in [0.25, 0.3) is 15.9 Å². The molecule has 0 unspecified atom stereocenters. The molecule has 1 aliphatic rings. The number of sulfonamides is 1. The van der Waals surface area contributed by atoms with Crippen LogP contribution in [0.2, 0.25) is 0 Å². The van der Waals surface area contributed by atoms with E-state index in [0.717, 1.165) is 23.6 Å². The Labute approximate surface area is 159 Å². The first-order chi connectivity index (χ1) is 12.9. The number of anilines is 1. The maximum Gasteiger partial charge on any atom is 0.272 e. The summed E-state index contributed by atoms with van der Waals surface area (Å²) in [5.74, 6) is 0.418. The lowest BCUT2D eigenvalue weighted by Gasteiger charge is -2.26. The second-order valence-electron chi connectivity index (χ2n) is 6.40. The van der Waals surface area contributed by atoms with Crippen LogP contribution in [0, 0.1) is 0 Å². The molecule has 2 heterocycles. The van der Waals surface area contributed by atoms with Gasteiger partial charge in [-0.15, -0.1) is 0 Å². The molecule has 144 valence electrons. The van der Waals surface area contributed by atoms with E-state index in [-0.39, 0.29) is 16.5 Å². The van der Waals surface area contributed by atoms with E-state index in [2.05, 4.69) is 4.98 Å². The highest BCUT2D eigenvalue weighted by Crippen LogP contribution is 2.24. The van der Waals surface area contributed by atoms with E-state index in [0.29, 0.717) is 24.5 Å². The topological polar surface area (TPSA) is 79.8 Å². The molecule has 1 fully saturated rings. The third-order valence-electron chi connectivity index (χ3n) is 4.69. The monoisotopic (exact) mass is 389 g/mol.